The van der Waals surface area contributed by atoms with Crippen LogP contribution in [-0.2, 0) is 4.79 Å². The number of carbonyl (C=O) groups is 1. The summed E-state index contributed by atoms with van der Waals surface area (Å²) in [5.41, 5.74) is 2.60. The Balaban J connectivity index is 1.58. The van der Waals surface area contributed by atoms with Gasteiger partial charge in [0.1, 0.15) is 17.2 Å². The molecule has 1 atom stereocenters. The minimum absolute atomic E-state index is 0.138. The van der Waals surface area contributed by atoms with E-state index in [1.54, 1.807) is 29.8 Å². The van der Waals surface area contributed by atoms with Crippen LogP contribution < -0.4 is 5.32 Å². The van der Waals surface area contributed by atoms with Crippen molar-refractivity contribution in [1.82, 2.24) is 14.6 Å². The van der Waals surface area contributed by atoms with Gasteiger partial charge in [0.2, 0.25) is 5.91 Å². The lowest BCUT2D eigenvalue weighted by Crippen LogP contribution is -2.24. The van der Waals surface area contributed by atoms with Crippen molar-refractivity contribution >= 4 is 50.4 Å². The van der Waals surface area contributed by atoms with Crippen LogP contribution in [0.15, 0.2) is 53.1 Å². The van der Waals surface area contributed by atoms with Crippen LogP contribution in [-0.4, -0.2) is 25.8 Å². The Hall–Kier alpha value is -2.45. The third-order valence-corrected chi connectivity index (χ3v) is 6.22. The second-order valence-corrected chi connectivity index (χ2v) is 7.86. The van der Waals surface area contributed by atoms with Crippen LogP contribution in [0.4, 0.5) is 10.1 Å². The van der Waals surface area contributed by atoms with E-state index < -0.39 is 0 Å². The average molecular weight is 386 g/mol. The summed E-state index contributed by atoms with van der Waals surface area (Å²) in [6.07, 6.45) is 2.32. The largest absolute Gasteiger partial charge is 0.325 e. The zero-order valence-corrected chi connectivity index (χ0v) is 15.5. The lowest BCUT2D eigenvalue weighted by Gasteiger charge is -2.14. The van der Waals surface area contributed by atoms with E-state index >= 15 is 0 Å². The molecule has 1 aromatic carbocycles. The van der Waals surface area contributed by atoms with Crippen molar-refractivity contribution in [2.24, 2.45) is 0 Å². The maximum absolute atomic E-state index is 13.0. The van der Waals surface area contributed by atoms with Crippen molar-refractivity contribution in [3.8, 4) is 0 Å². The Morgan fingerprint density at radius 2 is 2.12 bits per heavy atom. The second-order valence-electron chi connectivity index (χ2n) is 5.72. The zero-order valence-electron chi connectivity index (χ0n) is 13.8. The molecule has 1 N–H and O–H groups in total. The summed E-state index contributed by atoms with van der Waals surface area (Å²) in [5.74, 6) is -0.471. The van der Waals surface area contributed by atoms with Gasteiger partial charge < -0.3 is 5.32 Å². The Labute approximate surface area is 157 Å². The Bertz CT molecular complexity index is 1070. The van der Waals surface area contributed by atoms with E-state index in [9.17, 15) is 9.18 Å². The van der Waals surface area contributed by atoms with Gasteiger partial charge in [0.05, 0.1) is 21.0 Å². The number of nitrogens with one attached hydrogen (secondary N) is 1. The zero-order chi connectivity index (χ0) is 18.1. The molecule has 1 amide bonds. The molecule has 5 nitrogen and oxygen atoms in total. The fraction of sp³-hybridized carbons (Fsp3) is 0.167. The molecule has 0 radical (unpaired) electrons. The van der Waals surface area contributed by atoms with E-state index in [0.29, 0.717) is 12.1 Å². The first-order valence-corrected chi connectivity index (χ1v) is 9.84. The number of aromatic nitrogens is 3. The molecule has 8 heteroatoms. The molecule has 0 bridgehead atoms. The molecule has 3 heterocycles. The molecule has 0 spiro atoms. The highest BCUT2D eigenvalue weighted by atomic mass is 32.2. The first kappa shape index (κ1) is 17.0. The monoisotopic (exact) mass is 386 g/mol. The number of nitrogens with zero attached hydrogens (tertiary/aromatic N) is 3. The first-order chi connectivity index (χ1) is 12.7. The number of fused-ring (bicyclic) bond motifs is 3. The summed E-state index contributed by atoms with van der Waals surface area (Å²) in [6.45, 7) is 1.95. The van der Waals surface area contributed by atoms with Crippen molar-refractivity contribution in [3.05, 3.63) is 53.9 Å². The van der Waals surface area contributed by atoms with Crippen molar-refractivity contribution in [2.75, 3.05) is 5.32 Å². The molecule has 3 aromatic heterocycles. The lowest BCUT2D eigenvalue weighted by molar-refractivity contribution is -0.115. The molecule has 0 saturated carbocycles. The third-order valence-electron chi connectivity index (χ3n) is 4.02. The normalized spacial score (nSPS) is 12.5. The van der Waals surface area contributed by atoms with E-state index in [2.05, 4.69) is 21.6 Å². The van der Waals surface area contributed by atoms with Gasteiger partial charge in [-0.25, -0.2) is 4.39 Å². The van der Waals surface area contributed by atoms with Gasteiger partial charge in [0.25, 0.3) is 0 Å². The molecule has 26 heavy (non-hydrogen) atoms. The highest BCUT2D eigenvalue weighted by Crippen LogP contribution is 2.32. The van der Waals surface area contributed by atoms with E-state index in [0.717, 1.165) is 20.8 Å². The third kappa shape index (κ3) is 3.17. The number of rotatable bonds is 5. The van der Waals surface area contributed by atoms with Gasteiger partial charge in [0.15, 0.2) is 0 Å². The fourth-order valence-corrected chi connectivity index (χ4v) is 4.50. The summed E-state index contributed by atoms with van der Waals surface area (Å²) in [5, 5.41) is 13.6. The molecule has 4 rings (SSSR count). The van der Waals surface area contributed by atoms with Crippen LogP contribution in [0.2, 0.25) is 0 Å². The molecular formula is C18H15FN4OS2. The number of thiophene rings is 1. The SMILES string of the molecule is CC[C@H](Sc1nncn2c1cc1sccc12)C(=O)Nc1ccc(F)cc1. The summed E-state index contributed by atoms with van der Waals surface area (Å²) >= 11 is 3.05. The minimum atomic E-state index is -0.334. The Morgan fingerprint density at radius 1 is 1.31 bits per heavy atom. The number of hydrogen-bond acceptors (Lipinski definition) is 5. The highest BCUT2D eigenvalue weighted by molar-refractivity contribution is 8.00. The molecule has 132 valence electrons. The Kier molecular flexibility index (Phi) is 4.60. The maximum Gasteiger partial charge on any atom is 0.237 e. The van der Waals surface area contributed by atoms with E-state index in [4.69, 9.17) is 0 Å². The number of benzene rings is 1. The van der Waals surface area contributed by atoms with Crippen LogP contribution in [0.5, 0.6) is 0 Å². The van der Waals surface area contributed by atoms with Crippen LogP contribution in [0, 0.1) is 5.82 Å². The van der Waals surface area contributed by atoms with E-state index in [1.807, 2.05) is 22.8 Å². The quantitative estimate of drug-likeness (QED) is 0.510. The summed E-state index contributed by atoms with van der Waals surface area (Å²) in [6, 6.07) is 9.86. The number of amides is 1. The number of thioether (sulfide) groups is 1. The van der Waals surface area contributed by atoms with Gasteiger partial charge in [-0.1, -0.05) is 18.7 Å². The number of anilines is 1. The molecule has 0 unspecified atom stereocenters. The van der Waals surface area contributed by atoms with Crippen LogP contribution in [0.1, 0.15) is 13.3 Å². The highest BCUT2D eigenvalue weighted by Gasteiger charge is 2.21. The fourth-order valence-electron chi connectivity index (χ4n) is 2.71. The summed E-state index contributed by atoms with van der Waals surface area (Å²) < 4.78 is 16.2. The smallest absolute Gasteiger partial charge is 0.237 e. The molecule has 0 fully saturated rings. The van der Waals surface area contributed by atoms with Gasteiger partial charge >= 0.3 is 0 Å². The molecule has 0 saturated heterocycles. The van der Waals surface area contributed by atoms with Gasteiger partial charge in [0, 0.05) is 5.69 Å². The van der Waals surface area contributed by atoms with E-state index in [1.165, 1.54) is 23.9 Å². The topological polar surface area (TPSA) is 59.3 Å². The summed E-state index contributed by atoms with van der Waals surface area (Å²) in [7, 11) is 0. The number of halogens is 1. The van der Waals surface area contributed by atoms with Crippen molar-refractivity contribution in [3.63, 3.8) is 0 Å². The molecular weight excluding hydrogens is 371 g/mol. The van der Waals surface area contributed by atoms with Crippen molar-refractivity contribution in [2.45, 2.75) is 23.6 Å². The maximum atomic E-state index is 13.0. The molecule has 0 aliphatic rings. The first-order valence-electron chi connectivity index (χ1n) is 8.08. The van der Waals surface area contributed by atoms with Crippen LogP contribution >= 0.6 is 23.1 Å². The molecule has 4 aromatic rings. The lowest BCUT2D eigenvalue weighted by atomic mass is 10.2. The predicted octanol–water partition coefficient (Wildman–Crippen LogP) is 4.59. The molecule has 0 aliphatic carbocycles. The van der Waals surface area contributed by atoms with Crippen LogP contribution in [0.25, 0.3) is 15.7 Å². The van der Waals surface area contributed by atoms with Gasteiger partial charge in [-0.3, -0.25) is 9.20 Å². The van der Waals surface area contributed by atoms with E-state index in [-0.39, 0.29) is 17.0 Å². The number of carbonyl (C=O) groups excluding carboxylic acids is 1. The van der Waals surface area contributed by atoms with Gasteiger partial charge in [-0.15, -0.1) is 21.5 Å². The van der Waals surface area contributed by atoms with Gasteiger partial charge in [-0.05, 0) is 48.2 Å². The predicted molar refractivity (Wildman–Crippen MR) is 103 cm³/mol. The second kappa shape index (κ2) is 7.05. The summed E-state index contributed by atoms with van der Waals surface area (Å²) in [4.78, 5) is 12.6. The van der Waals surface area contributed by atoms with Crippen molar-refractivity contribution in [1.29, 1.82) is 0 Å². The van der Waals surface area contributed by atoms with Gasteiger partial charge in [-0.2, -0.15) is 0 Å². The Morgan fingerprint density at radius 3 is 2.88 bits per heavy atom. The average Bonchev–Trinajstić information content (AvgIpc) is 3.23. The standard InChI is InChI=1S/C18H15FN4OS2/c1-2-15(17(24)21-12-5-3-11(19)4-6-12)26-18-14-9-16-13(7-8-25-16)23(14)10-20-22-18/h3-10,15H,2H2,1H3,(H,21,24)/t15-/m0/s1. The van der Waals surface area contributed by atoms with Crippen LogP contribution in [0.3, 0.4) is 0 Å². The molecule has 0 aliphatic heterocycles. The minimum Gasteiger partial charge on any atom is -0.325 e. The van der Waals surface area contributed by atoms with Crippen molar-refractivity contribution < 1.29 is 9.18 Å². The number of hydrogen-bond donors (Lipinski definition) is 1.